The van der Waals surface area contributed by atoms with Gasteiger partial charge in [0.2, 0.25) is 5.91 Å². The molecule has 4 rings (SSSR count). The Morgan fingerprint density at radius 1 is 1.06 bits per heavy atom. The number of hydrogen-bond donors (Lipinski definition) is 1. The molecular weight excluding hydrogens is 392 g/mol. The molecule has 2 aromatic carbocycles. The van der Waals surface area contributed by atoms with E-state index in [2.05, 4.69) is 16.5 Å². The summed E-state index contributed by atoms with van der Waals surface area (Å²) >= 11 is 0. The van der Waals surface area contributed by atoms with E-state index < -0.39 is 0 Å². The Morgan fingerprint density at radius 3 is 2.42 bits per heavy atom. The van der Waals surface area contributed by atoms with Crippen LogP contribution < -0.4 is 10.1 Å². The van der Waals surface area contributed by atoms with Gasteiger partial charge in [-0.05, 0) is 87.6 Å². The van der Waals surface area contributed by atoms with E-state index in [1.165, 1.54) is 0 Å². The Morgan fingerprint density at radius 2 is 1.81 bits per heavy atom. The van der Waals surface area contributed by atoms with Crippen LogP contribution in [0.4, 0.5) is 5.69 Å². The lowest BCUT2D eigenvalue weighted by Gasteiger charge is -2.16. The zero-order chi connectivity index (χ0) is 22.1. The van der Waals surface area contributed by atoms with Crippen LogP contribution in [0.5, 0.6) is 11.5 Å². The van der Waals surface area contributed by atoms with Gasteiger partial charge in [-0.3, -0.25) is 4.79 Å². The zero-order valence-electron chi connectivity index (χ0n) is 18.7. The average molecular weight is 421 g/mol. The highest BCUT2D eigenvalue weighted by Gasteiger charge is 2.24. The Labute approximate surface area is 182 Å². The van der Waals surface area contributed by atoms with Crippen LogP contribution in [0, 0.1) is 40.5 Å². The second-order valence-electron chi connectivity index (χ2n) is 8.32. The van der Waals surface area contributed by atoms with Gasteiger partial charge in [-0.15, -0.1) is 0 Å². The second kappa shape index (κ2) is 8.55. The molecule has 2 heterocycles. The number of nitrogens with one attached hydrogen (secondary N) is 1. The van der Waals surface area contributed by atoms with Crippen LogP contribution in [0.25, 0.3) is 11.1 Å². The maximum atomic E-state index is 12.4. The predicted molar refractivity (Wildman–Crippen MR) is 120 cm³/mol. The number of nitrogens with zero attached hydrogens (tertiary/aromatic N) is 1. The van der Waals surface area contributed by atoms with Gasteiger partial charge >= 0.3 is 0 Å². The minimum absolute atomic E-state index is 0.00718. The van der Waals surface area contributed by atoms with E-state index in [-0.39, 0.29) is 11.8 Å². The quantitative estimate of drug-likeness (QED) is 0.577. The molecule has 3 aromatic rings. The molecule has 6 heteroatoms. The zero-order valence-corrected chi connectivity index (χ0v) is 18.7. The summed E-state index contributed by atoms with van der Waals surface area (Å²) in [5, 5.41) is 7.08. The normalized spacial score (nSPS) is 15.8. The van der Waals surface area contributed by atoms with E-state index in [0.717, 1.165) is 62.9 Å². The van der Waals surface area contributed by atoms with Gasteiger partial charge in [0.25, 0.3) is 0 Å². The van der Waals surface area contributed by atoms with E-state index >= 15 is 0 Å². The fraction of sp³-hybridized carbons (Fsp3) is 0.360. The Bertz CT molecular complexity index is 1080. The Kier molecular flexibility index (Phi) is 5.83. The van der Waals surface area contributed by atoms with Crippen LogP contribution >= 0.6 is 0 Å². The summed E-state index contributed by atoms with van der Waals surface area (Å²) in [5.74, 6) is 2.26. The molecule has 0 spiro atoms. The van der Waals surface area contributed by atoms with Crippen LogP contribution in [0.1, 0.15) is 34.6 Å². The van der Waals surface area contributed by atoms with Crippen LogP contribution in [-0.2, 0) is 9.53 Å². The first-order chi connectivity index (χ1) is 14.8. The van der Waals surface area contributed by atoms with Gasteiger partial charge in [-0.25, -0.2) is 0 Å². The molecule has 1 saturated heterocycles. The smallest absolute Gasteiger partial charge is 0.229 e. The molecule has 31 heavy (non-hydrogen) atoms. The van der Waals surface area contributed by atoms with Crippen LogP contribution in [0.15, 0.2) is 34.9 Å². The van der Waals surface area contributed by atoms with Crippen LogP contribution in [0.2, 0.25) is 0 Å². The minimum atomic E-state index is -0.0772. The third-order valence-corrected chi connectivity index (χ3v) is 5.62. The number of ether oxygens (including phenoxy) is 2. The molecule has 1 aliphatic heterocycles. The topological polar surface area (TPSA) is 73.6 Å². The number of amides is 1. The standard InChI is InChI=1S/C25H28N2O4/c1-14-8-20(23-17(4)27-31-18(23)5)12-22(9-14)30-24-15(2)10-21(11-16(24)3)26-25(28)19-6-7-29-13-19/h8-12,19H,6-7,13H2,1-5H3,(H,26,28). The molecule has 1 aliphatic rings. The van der Waals surface area contributed by atoms with Gasteiger partial charge in [0.05, 0.1) is 18.2 Å². The van der Waals surface area contributed by atoms with Crippen molar-refractivity contribution in [2.75, 3.05) is 18.5 Å². The maximum Gasteiger partial charge on any atom is 0.229 e. The van der Waals surface area contributed by atoms with E-state index in [4.69, 9.17) is 14.0 Å². The Balaban J connectivity index is 1.59. The first kappa shape index (κ1) is 21.1. The summed E-state index contributed by atoms with van der Waals surface area (Å²) in [6, 6.07) is 10.0. The molecule has 0 saturated carbocycles. The van der Waals surface area contributed by atoms with E-state index in [1.54, 1.807) is 0 Å². The van der Waals surface area contributed by atoms with Crippen molar-refractivity contribution in [3.63, 3.8) is 0 Å². The molecule has 0 radical (unpaired) electrons. The first-order valence-corrected chi connectivity index (χ1v) is 10.5. The van der Waals surface area contributed by atoms with Gasteiger partial charge in [0, 0.05) is 17.9 Å². The number of rotatable bonds is 5. The number of aromatic nitrogens is 1. The Hall–Kier alpha value is -3.12. The van der Waals surface area contributed by atoms with Crippen molar-refractivity contribution in [2.24, 2.45) is 5.92 Å². The van der Waals surface area contributed by atoms with Gasteiger partial charge in [0.15, 0.2) is 0 Å². The third kappa shape index (κ3) is 4.49. The largest absolute Gasteiger partial charge is 0.457 e. The highest BCUT2D eigenvalue weighted by atomic mass is 16.5. The van der Waals surface area contributed by atoms with Gasteiger partial charge in [0.1, 0.15) is 17.3 Å². The van der Waals surface area contributed by atoms with Crippen LogP contribution in [-0.4, -0.2) is 24.3 Å². The SMILES string of the molecule is Cc1cc(Oc2c(C)cc(NC(=O)C3CCOC3)cc2C)cc(-c2c(C)noc2C)c1. The number of benzene rings is 2. The molecule has 1 N–H and O–H groups in total. The number of carbonyl (C=O) groups excluding carboxylic acids is 1. The minimum Gasteiger partial charge on any atom is -0.457 e. The van der Waals surface area contributed by atoms with Crippen molar-refractivity contribution in [3.8, 4) is 22.6 Å². The highest BCUT2D eigenvalue weighted by molar-refractivity contribution is 5.93. The first-order valence-electron chi connectivity index (χ1n) is 10.5. The summed E-state index contributed by atoms with van der Waals surface area (Å²) in [6.45, 7) is 11.0. The maximum absolute atomic E-state index is 12.4. The van der Waals surface area contributed by atoms with Crippen molar-refractivity contribution in [1.29, 1.82) is 0 Å². The molecule has 1 amide bonds. The lowest BCUT2D eigenvalue weighted by atomic mass is 10.0. The molecule has 1 fully saturated rings. The van der Waals surface area contributed by atoms with Gasteiger partial charge in [-0.2, -0.15) is 0 Å². The van der Waals surface area contributed by atoms with E-state index in [9.17, 15) is 4.79 Å². The molecule has 1 unspecified atom stereocenters. The van der Waals surface area contributed by atoms with Crippen molar-refractivity contribution >= 4 is 11.6 Å². The molecule has 6 nitrogen and oxygen atoms in total. The number of hydrogen-bond acceptors (Lipinski definition) is 5. The van der Waals surface area contributed by atoms with Crippen molar-refractivity contribution in [2.45, 2.75) is 41.0 Å². The molecular formula is C25H28N2O4. The van der Waals surface area contributed by atoms with Gasteiger partial charge in [-0.1, -0.05) is 11.2 Å². The summed E-state index contributed by atoms with van der Waals surface area (Å²) < 4.78 is 17.0. The lowest BCUT2D eigenvalue weighted by Crippen LogP contribution is -2.22. The average Bonchev–Trinajstić information content (AvgIpc) is 3.34. The fourth-order valence-corrected chi connectivity index (χ4v) is 4.13. The molecule has 162 valence electrons. The summed E-state index contributed by atoms with van der Waals surface area (Å²) in [6.07, 6.45) is 0.770. The molecule has 0 bridgehead atoms. The predicted octanol–water partition coefficient (Wildman–Crippen LogP) is 5.65. The lowest BCUT2D eigenvalue weighted by molar-refractivity contribution is -0.119. The molecule has 1 aromatic heterocycles. The highest BCUT2D eigenvalue weighted by Crippen LogP contribution is 2.36. The summed E-state index contributed by atoms with van der Waals surface area (Å²) in [5.41, 5.74) is 6.65. The van der Waals surface area contributed by atoms with Crippen molar-refractivity contribution < 1.29 is 18.8 Å². The van der Waals surface area contributed by atoms with Gasteiger partial charge < -0.3 is 19.3 Å². The third-order valence-electron chi connectivity index (χ3n) is 5.62. The second-order valence-corrected chi connectivity index (χ2v) is 8.32. The van der Waals surface area contributed by atoms with E-state index in [0.29, 0.717) is 13.2 Å². The van der Waals surface area contributed by atoms with Crippen molar-refractivity contribution in [1.82, 2.24) is 5.16 Å². The molecule has 0 aliphatic carbocycles. The monoisotopic (exact) mass is 420 g/mol. The van der Waals surface area contributed by atoms with Crippen LogP contribution in [0.3, 0.4) is 0 Å². The number of aryl methyl sites for hydroxylation is 5. The van der Waals surface area contributed by atoms with Crippen molar-refractivity contribution in [3.05, 3.63) is 58.5 Å². The number of carbonyl (C=O) groups is 1. The molecule has 1 atom stereocenters. The van der Waals surface area contributed by atoms with E-state index in [1.807, 2.05) is 58.9 Å². The summed E-state index contributed by atoms with van der Waals surface area (Å²) in [4.78, 5) is 12.4. The summed E-state index contributed by atoms with van der Waals surface area (Å²) in [7, 11) is 0. The number of anilines is 1. The fourth-order valence-electron chi connectivity index (χ4n) is 4.13.